The first-order valence-corrected chi connectivity index (χ1v) is 8.66. The molecule has 0 spiro atoms. The van der Waals surface area contributed by atoms with Gasteiger partial charge < -0.3 is 9.47 Å². The van der Waals surface area contributed by atoms with Gasteiger partial charge in [-0.3, -0.25) is 4.79 Å². The van der Waals surface area contributed by atoms with E-state index < -0.39 is 29.7 Å². The van der Waals surface area contributed by atoms with E-state index in [9.17, 15) is 9.59 Å². The van der Waals surface area contributed by atoms with Crippen LogP contribution in [-0.4, -0.2) is 28.6 Å². The second-order valence-corrected chi connectivity index (χ2v) is 6.93. The molecule has 0 unspecified atom stereocenters. The van der Waals surface area contributed by atoms with E-state index in [1.54, 1.807) is 6.92 Å². The summed E-state index contributed by atoms with van der Waals surface area (Å²) in [6.07, 6.45) is -1.40. The Morgan fingerprint density at radius 3 is 2.31 bits per heavy atom. The molecule has 3 rings (SSSR count). The minimum Gasteiger partial charge on any atom is -0.440 e. The first-order valence-electron chi connectivity index (χ1n) is 8.66. The number of hydrogen-bond donors (Lipinski definition) is 0. The van der Waals surface area contributed by atoms with Crippen LogP contribution in [0.25, 0.3) is 0 Å². The van der Waals surface area contributed by atoms with Crippen molar-refractivity contribution in [1.82, 2.24) is 4.90 Å². The molecular weight excluding hydrogens is 330 g/mol. The van der Waals surface area contributed by atoms with E-state index in [-0.39, 0.29) is 0 Å². The van der Waals surface area contributed by atoms with Crippen molar-refractivity contribution in [3.63, 3.8) is 0 Å². The van der Waals surface area contributed by atoms with Gasteiger partial charge in [-0.2, -0.15) is 0 Å². The summed E-state index contributed by atoms with van der Waals surface area (Å²) >= 11 is 0. The highest BCUT2D eigenvalue weighted by atomic mass is 16.6. The van der Waals surface area contributed by atoms with Gasteiger partial charge in [0, 0.05) is 0 Å². The first kappa shape index (κ1) is 18.1. The third kappa shape index (κ3) is 3.63. The Morgan fingerprint density at radius 1 is 1.12 bits per heavy atom. The van der Waals surface area contributed by atoms with E-state index in [1.165, 1.54) is 4.90 Å². The van der Waals surface area contributed by atoms with Gasteiger partial charge in [0.15, 0.2) is 0 Å². The molecule has 0 saturated carbocycles. The molecule has 26 heavy (non-hydrogen) atoms. The Labute approximate surface area is 153 Å². The van der Waals surface area contributed by atoms with Crippen molar-refractivity contribution in [3.8, 4) is 0 Å². The van der Waals surface area contributed by atoms with Crippen LogP contribution in [0.1, 0.15) is 37.9 Å². The molecule has 0 radical (unpaired) electrons. The van der Waals surface area contributed by atoms with Crippen molar-refractivity contribution < 1.29 is 19.1 Å². The summed E-state index contributed by atoms with van der Waals surface area (Å²) in [5, 5.41) is 0. The second kappa shape index (κ2) is 7.30. The topological polar surface area (TPSA) is 55.8 Å². The van der Waals surface area contributed by atoms with Gasteiger partial charge in [0.05, 0.1) is 6.61 Å². The van der Waals surface area contributed by atoms with Crippen LogP contribution in [0, 0.1) is 0 Å². The van der Waals surface area contributed by atoms with Gasteiger partial charge in [0.1, 0.15) is 17.7 Å². The smallest absolute Gasteiger partial charge is 0.417 e. The van der Waals surface area contributed by atoms with Crippen molar-refractivity contribution in [3.05, 3.63) is 71.8 Å². The summed E-state index contributed by atoms with van der Waals surface area (Å²) in [6, 6.07) is 18.6. The van der Waals surface area contributed by atoms with Crippen molar-refractivity contribution in [2.45, 2.75) is 45.1 Å². The van der Waals surface area contributed by atoms with Gasteiger partial charge in [0.2, 0.25) is 0 Å². The highest BCUT2D eigenvalue weighted by Gasteiger charge is 2.52. The maximum Gasteiger partial charge on any atom is 0.417 e. The summed E-state index contributed by atoms with van der Waals surface area (Å²) in [7, 11) is 0. The van der Waals surface area contributed by atoms with Crippen LogP contribution >= 0.6 is 0 Å². The average molecular weight is 353 g/mol. The van der Waals surface area contributed by atoms with Crippen LogP contribution in [0.5, 0.6) is 0 Å². The molecule has 1 saturated heterocycles. The number of carbonyl (C=O) groups is 2. The minimum absolute atomic E-state index is 0.302. The Bertz CT molecular complexity index is 773. The molecule has 2 aromatic rings. The van der Waals surface area contributed by atoms with Crippen molar-refractivity contribution in [2.24, 2.45) is 0 Å². The SMILES string of the molecule is C[C@H](OCc1ccccc1)C(=O)N1C(=O)OC(C)(C)[C@H]1c1ccccc1. The van der Waals surface area contributed by atoms with Crippen LogP contribution < -0.4 is 0 Å². The van der Waals surface area contributed by atoms with Crippen LogP contribution in [0.4, 0.5) is 4.79 Å². The number of hydrogen-bond acceptors (Lipinski definition) is 4. The van der Waals surface area contributed by atoms with Crippen LogP contribution in [-0.2, 0) is 20.9 Å². The average Bonchev–Trinajstić information content (AvgIpc) is 2.89. The number of benzene rings is 2. The van der Waals surface area contributed by atoms with Gasteiger partial charge in [-0.1, -0.05) is 60.7 Å². The van der Waals surface area contributed by atoms with Gasteiger partial charge >= 0.3 is 6.09 Å². The zero-order valence-electron chi connectivity index (χ0n) is 15.2. The molecule has 2 aromatic carbocycles. The zero-order chi connectivity index (χ0) is 18.7. The van der Waals surface area contributed by atoms with Gasteiger partial charge in [-0.15, -0.1) is 0 Å². The van der Waals surface area contributed by atoms with Crippen molar-refractivity contribution in [1.29, 1.82) is 0 Å². The molecule has 2 atom stereocenters. The highest BCUT2D eigenvalue weighted by Crippen LogP contribution is 2.41. The standard InChI is InChI=1S/C21H23NO4/c1-15(25-14-16-10-6-4-7-11-16)19(23)22-18(17-12-8-5-9-13-17)21(2,3)26-20(22)24/h4-13,15,18H,14H2,1-3H3/t15-,18+/m0/s1. The molecule has 1 aliphatic rings. The van der Waals surface area contributed by atoms with Crippen molar-refractivity contribution in [2.75, 3.05) is 0 Å². The number of nitrogens with zero attached hydrogens (tertiary/aromatic N) is 1. The van der Waals surface area contributed by atoms with E-state index >= 15 is 0 Å². The molecule has 0 aromatic heterocycles. The molecular formula is C21H23NO4. The third-order valence-electron chi connectivity index (χ3n) is 4.51. The molecule has 5 heteroatoms. The van der Waals surface area contributed by atoms with Crippen molar-refractivity contribution >= 4 is 12.0 Å². The fraction of sp³-hybridized carbons (Fsp3) is 0.333. The number of rotatable bonds is 5. The maximum atomic E-state index is 12.9. The predicted octanol–water partition coefficient (Wildman–Crippen LogP) is 4.09. The molecule has 0 N–H and O–H groups in total. The summed E-state index contributed by atoms with van der Waals surface area (Å²) in [5.41, 5.74) is 1.01. The molecule has 2 amide bonds. The minimum atomic E-state index is -0.812. The van der Waals surface area contributed by atoms with Gasteiger partial charge in [-0.05, 0) is 31.9 Å². The molecule has 1 heterocycles. The molecule has 1 aliphatic heterocycles. The zero-order valence-corrected chi connectivity index (χ0v) is 15.2. The maximum absolute atomic E-state index is 12.9. The number of imide groups is 1. The lowest BCUT2D eigenvalue weighted by atomic mass is 9.91. The van der Waals surface area contributed by atoms with E-state index in [0.29, 0.717) is 6.61 Å². The van der Waals surface area contributed by atoms with Gasteiger partial charge in [-0.25, -0.2) is 9.69 Å². The monoisotopic (exact) mass is 353 g/mol. The number of cyclic esters (lactones) is 1. The van der Waals surface area contributed by atoms with E-state index in [0.717, 1.165) is 11.1 Å². The fourth-order valence-electron chi connectivity index (χ4n) is 3.21. The first-order chi connectivity index (χ1) is 12.4. The Kier molecular flexibility index (Phi) is 5.09. The van der Waals surface area contributed by atoms with E-state index in [1.807, 2.05) is 74.5 Å². The Morgan fingerprint density at radius 2 is 1.69 bits per heavy atom. The molecule has 0 aliphatic carbocycles. The Balaban J connectivity index is 1.78. The van der Waals surface area contributed by atoms with Crippen LogP contribution in [0.3, 0.4) is 0 Å². The van der Waals surface area contributed by atoms with Crippen LogP contribution in [0.15, 0.2) is 60.7 Å². The Hall–Kier alpha value is -2.66. The molecule has 5 nitrogen and oxygen atoms in total. The summed E-state index contributed by atoms with van der Waals surface area (Å²) < 4.78 is 11.2. The van der Waals surface area contributed by atoms with E-state index in [2.05, 4.69) is 0 Å². The summed E-state index contributed by atoms with van der Waals surface area (Å²) in [4.78, 5) is 26.6. The molecule has 136 valence electrons. The summed E-state index contributed by atoms with van der Waals surface area (Å²) in [6.45, 7) is 5.58. The highest BCUT2D eigenvalue weighted by molar-refractivity contribution is 5.96. The van der Waals surface area contributed by atoms with E-state index in [4.69, 9.17) is 9.47 Å². The summed E-state index contributed by atoms with van der Waals surface area (Å²) in [5.74, 6) is -0.398. The quantitative estimate of drug-likeness (QED) is 0.812. The van der Waals surface area contributed by atoms with Crippen LogP contribution in [0.2, 0.25) is 0 Å². The largest absolute Gasteiger partial charge is 0.440 e. The molecule has 1 fully saturated rings. The fourth-order valence-corrected chi connectivity index (χ4v) is 3.21. The third-order valence-corrected chi connectivity index (χ3v) is 4.51. The number of ether oxygens (including phenoxy) is 2. The lowest BCUT2D eigenvalue weighted by Crippen LogP contribution is -2.43. The normalized spacial score (nSPS) is 19.9. The predicted molar refractivity (Wildman–Crippen MR) is 97.3 cm³/mol. The second-order valence-electron chi connectivity index (χ2n) is 6.93. The lowest BCUT2D eigenvalue weighted by molar-refractivity contribution is -0.141. The lowest BCUT2D eigenvalue weighted by Gasteiger charge is -2.29. The number of amides is 2. The number of carbonyl (C=O) groups excluding carboxylic acids is 2. The molecule has 0 bridgehead atoms. The van der Waals surface area contributed by atoms with Gasteiger partial charge in [0.25, 0.3) is 5.91 Å².